The summed E-state index contributed by atoms with van der Waals surface area (Å²) >= 11 is 0. The number of carbonyl (C=O) groups is 2. The highest BCUT2D eigenvalue weighted by Gasteiger charge is 2.16. The monoisotopic (exact) mass is 279 g/mol. The Bertz CT molecular complexity index is 435. The highest BCUT2D eigenvalue weighted by atomic mass is 16.3. The molecule has 0 fully saturated rings. The van der Waals surface area contributed by atoms with Gasteiger partial charge in [0.05, 0.1) is 13.2 Å². The number of nitrogens with one attached hydrogen (secondary N) is 2. The molecule has 0 spiro atoms. The normalized spacial score (nSPS) is 10.2. The molecule has 0 saturated heterocycles. The molecule has 1 rings (SSSR count). The van der Waals surface area contributed by atoms with Crippen LogP contribution < -0.4 is 10.6 Å². The van der Waals surface area contributed by atoms with Gasteiger partial charge < -0.3 is 20.6 Å². The molecule has 0 unspecified atom stereocenters. The highest BCUT2D eigenvalue weighted by Crippen LogP contribution is 2.04. The van der Waals surface area contributed by atoms with E-state index in [0.29, 0.717) is 5.69 Å². The fourth-order valence-corrected chi connectivity index (χ4v) is 1.73. The second-order valence-corrected chi connectivity index (χ2v) is 4.58. The van der Waals surface area contributed by atoms with Gasteiger partial charge in [0, 0.05) is 18.3 Å². The number of benzene rings is 1. The number of rotatable bonds is 6. The van der Waals surface area contributed by atoms with Gasteiger partial charge in [-0.25, -0.2) is 4.79 Å². The topological polar surface area (TPSA) is 81.7 Å². The van der Waals surface area contributed by atoms with Gasteiger partial charge in [-0.2, -0.15) is 0 Å². The van der Waals surface area contributed by atoms with E-state index in [-0.39, 0.29) is 31.6 Å². The van der Waals surface area contributed by atoms with Gasteiger partial charge in [0.2, 0.25) is 5.91 Å². The molecule has 0 bridgehead atoms. The number of amides is 3. The van der Waals surface area contributed by atoms with Gasteiger partial charge in [-0.1, -0.05) is 18.2 Å². The molecule has 3 N–H and O–H groups in total. The largest absolute Gasteiger partial charge is 0.395 e. The van der Waals surface area contributed by atoms with Crippen molar-refractivity contribution in [1.29, 1.82) is 0 Å². The van der Waals surface area contributed by atoms with E-state index in [0.717, 1.165) is 0 Å². The Morgan fingerprint density at radius 2 is 1.90 bits per heavy atom. The summed E-state index contributed by atoms with van der Waals surface area (Å²) in [6.45, 7) is 3.78. The van der Waals surface area contributed by atoms with E-state index in [4.69, 9.17) is 5.11 Å². The maximum Gasteiger partial charge on any atom is 0.319 e. The lowest BCUT2D eigenvalue weighted by atomic mass is 10.3. The van der Waals surface area contributed by atoms with Crippen molar-refractivity contribution < 1.29 is 14.7 Å². The van der Waals surface area contributed by atoms with Crippen LogP contribution in [-0.4, -0.2) is 47.7 Å². The summed E-state index contributed by atoms with van der Waals surface area (Å²) in [5.41, 5.74) is 0.661. The Morgan fingerprint density at radius 3 is 2.45 bits per heavy atom. The number of carbonyl (C=O) groups excluding carboxylic acids is 2. The summed E-state index contributed by atoms with van der Waals surface area (Å²) < 4.78 is 0. The molecular formula is C14H21N3O3. The zero-order chi connectivity index (χ0) is 15.0. The molecule has 0 saturated carbocycles. The molecule has 0 radical (unpaired) electrons. The van der Waals surface area contributed by atoms with Crippen LogP contribution in [-0.2, 0) is 4.79 Å². The van der Waals surface area contributed by atoms with Gasteiger partial charge in [0.1, 0.15) is 0 Å². The Kier molecular flexibility index (Phi) is 6.52. The summed E-state index contributed by atoms with van der Waals surface area (Å²) in [5.74, 6) is -0.225. The average molecular weight is 279 g/mol. The first-order valence-corrected chi connectivity index (χ1v) is 6.55. The van der Waals surface area contributed by atoms with E-state index in [1.54, 1.807) is 12.1 Å². The number of urea groups is 1. The zero-order valence-corrected chi connectivity index (χ0v) is 11.8. The number of nitrogens with zero attached hydrogens (tertiary/aromatic N) is 1. The summed E-state index contributed by atoms with van der Waals surface area (Å²) in [4.78, 5) is 25.0. The number of aliphatic hydroxyl groups is 1. The van der Waals surface area contributed by atoms with Gasteiger partial charge in [0.15, 0.2) is 0 Å². The molecule has 6 heteroatoms. The Balaban J connectivity index is 2.41. The third-order valence-corrected chi connectivity index (χ3v) is 2.72. The van der Waals surface area contributed by atoms with Crippen LogP contribution in [0, 0.1) is 0 Å². The molecule has 0 heterocycles. The van der Waals surface area contributed by atoms with E-state index >= 15 is 0 Å². The minimum atomic E-state index is -0.433. The van der Waals surface area contributed by atoms with Gasteiger partial charge >= 0.3 is 6.03 Å². The first-order valence-electron chi connectivity index (χ1n) is 6.55. The average Bonchev–Trinajstić information content (AvgIpc) is 2.43. The summed E-state index contributed by atoms with van der Waals surface area (Å²) in [5, 5.41) is 14.0. The predicted molar refractivity (Wildman–Crippen MR) is 77.4 cm³/mol. The van der Waals surface area contributed by atoms with Gasteiger partial charge in [-0.15, -0.1) is 0 Å². The van der Waals surface area contributed by atoms with Crippen LogP contribution in [0.25, 0.3) is 0 Å². The maximum absolute atomic E-state index is 11.9. The molecule has 3 amide bonds. The van der Waals surface area contributed by atoms with Crippen LogP contribution in [0.3, 0.4) is 0 Å². The first-order chi connectivity index (χ1) is 9.54. The second kappa shape index (κ2) is 8.16. The predicted octanol–water partition coefficient (Wildman–Crippen LogP) is 1.04. The maximum atomic E-state index is 11.9. The van der Waals surface area contributed by atoms with Gasteiger partial charge in [-0.05, 0) is 26.0 Å². The van der Waals surface area contributed by atoms with Gasteiger partial charge in [-0.3, -0.25) is 4.79 Å². The van der Waals surface area contributed by atoms with Crippen LogP contribution in [0.5, 0.6) is 0 Å². The molecule has 1 aromatic carbocycles. The van der Waals surface area contributed by atoms with Crippen LogP contribution >= 0.6 is 0 Å². The van der Waals surface area contributed by atoms with Crippen molar-refractivity contribution in [3.05, 3.63) is 30.3 Å². The van der Waals surface area contributed by atoms with Crippen molar-refractivity contribution in [3.8, 4) is 0 Å². The zero-order valence-electron chi connectivity index (χ0n) is 11.8. The van der Waals surface area contributed by atoms with Crippen LogP contribution in [0.15, 0.2) is 30.3 Å². The van der Waals surface area contributed by atoms with E-state index in [2.05, 4.69) is 10.6 Å². The second-order valence-electron chi connectivity index (χ2n) is 4.58. The van der Waals surface area contributed by atoms with E-state index in [1.165, 1.54) is 4.90 Å². The summed E-state index contributed by atoms with van der Waals surface area (Å²) in [6.07, 6.45) is 0. The van der Waals surface area contributed by atoms with Crippen molar-refractivity contribution in [2.45, 2.75) is 19.9 Å². The third kappa shape index (κ3) is 5.27. The van der Waals surface area contributed by atoms with Crippen molar-refractivity contribution in [1.82, 2.24) is 10.2 Å². The molecule has 0 atom stereocenters. The van der Waals surface area contributed by atoms with E-state index in [9.17, 15) is 9.59 Å². The van der Waals surface area contributed by atoms with Crippen LogP contribution in [0.2, 0.25) is 0 Å². The van der Waals surface area contributed by atoms with Crippen molar-refractivity contribution in [3.63, 3.8) is 0 Å². The summed E-state index contributed by atoms with van der Waals surface area (Å²) in [6, 6.07) is 8.53. The van der Waals surface area contributed by atoms with Crippen LogP contribution in [0.4, 0.5) is 10.5 Å². The van der Waals surface area contributed by atoms with E-state index in [1.807, 2.05) is 32.0 Å². The SMILES string of the molecule is CC(C)N(CCO)C(=O)CNC(=O)Nc1ccccc1. The van der Waals surface area contributed by atoms with Crippen LogP contribution in [0.1, 0.15) is 13.8 Å². The standard InChI is InChI=1S/C14H21N3O3/c1-11(2)17(8-9-18)13(19)10-15-14(20)16-12-6-4-3-5-7-12/h3-7,11,18H,8-10H2,1-2H3,(H2,15,16,20). The Hall–Kier alpha value is -2.08. The molecular weight excluding hydrogens is 258 g/mol. The fourth-order valence-electron chi connectivity index (χ4n) is 1.73. The van der Waals surface area contributed by atoms with Crippen molar-refractivity contribution in [2.75, 3.05) is 25.0 Å². The number of anilines is 1. The smallest absolute Gasteiger partial charge is 0.319 e. The van der Waals surface area contributed by atoms with Crippen molar-refractivity contribution in [2.24, 2.45) is 0 Å². The Morgan fingerprint density at radius 1 is 1.25 bits per heavy atom. The highest BCUT2D eigenvalue weighted by molar-refractivity contribution is 5.92. The molecule has 0 aliphatic carbocycles. The lowest BCUT2D eigenvalue weighted by Crippen LogP contribution is -2.45. The number of hydrogen-bond donors (Lipinski definition) is 3. The van der Waals surface area contributed by atoms with Gasteiger partial charge in [0.25, 0.3) is 0 Å². The molecule has 0 aromatic heterocycles. The summed E-state index contributed by atoms with van der Waals surface area (Å²) in [7, 11) is 0. The molecule has 0 aliphatic heterocycles. The Labute approximate surface area is 118 Å². The molecule has 0 aliphatic rings. The molecule has 1 aromatic rings. The molecule has 110 valence electrons. The molecule has 20 heavy (non-hydrogen) atoms. The minimum Gasteiger partial charge on any atom is -0.395 e. The minimum absolute atomic E-state index is 0.0198. The molecule has 6 nitrogen and oxygen atoms in total. The fraction of sp³-hybridized carbons (Fsp3) is 0.429. The van der Waals surface area contributed by atoms with E-state index < -0.39 is 6.03 Å². The lowest BCUT2D eigenvalue weighted by Gasteiger charge is -2.26. The quantitative estimate of drug-likeness (QED) is 0.727. The number of aliphatic hydroxyl groups excluding tert-OH is 1. The first kappa shape index (κ1) is 16.0. The number of para-hydroxylation sites is 1. The lowest BCUT2D eigenvalue weighted by molar-refractivity contribution is -0.132. The number of hydrogen-bond acceptors (Lipinski definition) is 3. The van der Waals surface area contributed by atoms with Crippen molar-refractivity contribution >= 4 is 17.6 Å². The third-order valence-electron chi connectivity index (χ3n) is 2.72.